The number of nitrogens with zero attached hydrogens (tertiary/aromatic N) is 4. The molecule has 0 unspecified atom stereocenters. The van der Waals surface area contributed by atoms with Crippen LogP contribution in [0.2, 0.25) is 0 Å². The molecule has 1 N–H and O–H groups in total. The van der Waals surface area contributed by atoms with Crippen molar-refractivity contribution in [2.24, 2.45) is 0 Å². The van der Waals surface area contributed by atoms with Crippen molar-refractivity contribution in [3.63, 3.8) is 0 Å². The highest BCUT2D eigenvalue weighted by Gasteiger charge is 2.23. The third kappa shape index (κ3) is 6.03. The van der Waals surface area contributed by atoms with E-state index in [0.29, 0.717) is 0 Å². The number of carbonyl (C=O) groups is 1. The first-order valence-electron chi connectivity index (χ1n) is 11.0. The number of nitrogens with one attached hydrogen (secondary N) is 1. The number of aromatic nitrogens is 2. The van der Waals surface area contributed by atoms with E-state index in [1.54, 1.807) is 6.20 Å². The molecule has 6 nitrogen and oxygen atoms in total. The van der Waals surface area contributed by atoms with Gasteiger partial charge in [0.15, 0.2) is 0 Å². The summed E-state index contributed by atoms with van der Waals surface area (Å²) >= 11 is 0. The molecule has 0 saturated carbocycles. The second kappa shape index (κ2) is 11.6. The van der Waals surface area contributed by atoms with Gasteiger partial charge in [0.05, 0.1) is 17.3 Å². The Bertz CT molecular complexity index is 972. The molecule has 2 aliphatic heterocycles. The molecule has 5 rings (SSSR count). The number of likely N-dealkylation sites (tertiary alicyclic amines) is 1. The van der Waals surface area contributed by atoms with Crippen molar-refractivity contribution in [2.45, 2.75) is 25.7 Å². The number of anilines is 1. The van der Waals surface area contributed by atoms with Crippen LogP contribution in [0.25, 0.3) is 5.52 Å². The largest absolute Gasteiger partial charge is 0.371 e. The van der Waals surface area contributed by atoms with Crippen molar-refractivity contribution in [3.05, 3.63) is 66.0 Å². The van der Waals surface area contributed by atoms with Gasteiger partial charge in [0.1, 0.15) is 11.6 Å². The van der Waals surface area contributed by atoms with E-state index < -0.39 is 11.6 Å². The Hall–Kier alpha value is -3.00. The third-order valence-corrected chi connectivity index (χ3v) is 5.40. The molecule has 0 atom stereocenters. The summed E-state index contributed by atoms with van der Waals surface area (Å²) in [7, 11) is 3.75. The highest BCUT2D eigenvalue weighted by molar-refractivity contribution is 6.01. The molecule has 2 aliphatic rings. The number of halogens is 2. The monoisotopic (exact) mass is 443 g/mol. The normalized spacial score (nSPS) is 15.2. The molecule has 0 spiro atoms. The maximum absolute atomic E-state index is 12.6. The summed E-state index contributed by atoms with van der Waals surface area (Å²) in [5.41, 5.74) is 2.87. The third-order valence-electron chi connectivity index (χ3n) is 5.40. The van der Waals surface area contributed by atoms with Crippen LogP contribution in [0.4, 0.5) is 14.5 Å². The lowest BCUT2D eigenvalue weighted by molar-refractivity contribution is 0.0794. The van der Waals surface area contributed by atoms with Crippen molar-refractivity contribution < 1.29 is 13.6 Å². The fourth-order valence-electron chi connectivity index (χ4n) is 3.83. The molecule has 4 heterocycles. The highest BCUT2D eigenvalue weighted by atomic mass is 19.1. The Morgan fingerprint density at radius 2 is 1.44 bits per heavy atom. The van der Waals surface area contributed by atoms with Crippen LogP contribution in [0, 0.1) is 11.6 Å². The molecule has 3 aromatic rings. The first kappa shape index (κ1) is 23.7. The van der Waals surface area contributed by atoms with Crippen LogP contribution in [-0.2, 0) is 0 Å². The van der Waals surface area contributed by atoms with E-state index in [1.165, 1.54) is 18.5 Å². The van der Waals surface area contributed by atoms with Gasteiger partial charge in [0, 0.05) is 38.1 Å². The molecule has 2 saturated heterocycles. The van der Waals surface area contributed by atoms with E-state index in [-0.39, 0.29) is 5.91 Å². The predicted octanol–water partition coefficient (Wildman–Crippen LogP) is 3.97. The van der Waals surface area contributed by atoms with Crippen LogP contribution in [0.1, 0.15) is 36.0 Å². The maximum atomic E-state index is 12.6. The van der Waals surface area contributed by atoms with E-state index in [2.05, 4.69) is 27.4 Å². The fourth-order valence-corrected chi connectivity index (χ4v) is 3.83. The molecule has 8 heteroatoms. The van der Waals surface area contributed by atoms with Gasteiger partial charge in [-0.15, -0.1) is 0 Å². The van der Waals surface area contributed by atoms with E-state index in [0.717, 1.165) is 74.4 Å². The zero-order chi connectivity index (χ0) is 22.9. The highest BCUT2D eigenvalue weighted by Crippen LogP contribution is 2.24. The van der Waals surface area contributed by atoms with Gasteiger partial charge in [-0.25, -0.2) is 13.3 Å². The van der Waals surface area contributed by atoms with Crippen molar-refractivity contribution in [1.82, 2.24) is 19.8 Å². The number of rotatable bonds is 2. The second-order valence-electron chi connectivity index (χ2n) is 7.90. The van der Waals surface area contributed by atoms with Crippen molar-refractivity contribution in [3.8, 4) is 0 Å². The average Bonchev–Trinajstić information content (AvgIpc) is 3.57. The van der Waals surface area contributed by atoms with Crippen LogP contribution in [-0.4, -0.2) is 60.7 Å². The fraction of sp³-hybridized carbons (Fsp3) is 0.417. The summed E-state index contributed by atoms with van der Waals surface area (Å²) in [5.74, 6) is -0.695. The summed E-state index contributed by atoms with van der Waals surface area (Å²) in [4.78, 5) is 16.9. The average molecular weight is 444 g/mol. The Morgan fingerprint density at radius 1 is 0.906 bits per heavy atom. The number of hydrogen-bond donors (Lipinski definition) is 1. The molecule has 0 radical (unpaired) electrons. The van der Waals surface area contributed by atoms with Crippen LogP contribution in [0.5, 0.6) is 0 Å². The van der Waals surface area contributed by atoms with E-state index >= 15 is 0 Å². The minimum absolute atomic E-state index is 0.126. The van der Waals surface area contributed by atoms with Crippen LogP contribution in [0.3, 0.4) is 0 Å². The van der Waals surface area contributed by atoms with Gasteiger partial charge in [-0.3, -0.25) is 4.79 Å². The second-order valence-corrected chi connectivity index (χ2v) is 7.90. The van der Waals surface area contributed by atoms with Gasteiger partial charge in [0.25, 0.3) is 5.91 Å². The zero-order valence-electron chi connectivity index (χ0n) is 18.7. The van der Waals surface area contributed by atoms with E-state index in [1.807, 2.05) is 29.7 Å². The topological polar surface area (TPSA) is 52.9 Å². The summed E-state index contributed by atoms with van der Waals surface area (Å²) in [5, 5.41) is 7.08. The Kier molecular flexibility index (Phi) is 8.56. The van der Waals surface area contributed by atoms with Gasteiger partial charge >= 0.3 is 0 Å². The molecule has 172 valence electrons. The summed E-state index contributed by atoms with van der Waals surface area (Å²) in [6.45, 7) is 3.98. The Balaban J connectivity index is 0.000000220. The molecule has 1 aromatic carbocycles. The number of pyridine rings is 1. The minimum Gasteiger partial charge on any atom is -0.371 e. The molecule has 1 amide bonds. The molecular weight excluding hydrogens is 412 g/mol. The smallest absolute Gasteiger partial charge is 0.257 e. The van der Waals surface area contributed by atoms with E-state index in [4.69, 9.17) is 0 Å². The summed E-state index contributed by atoms with van der Waals surface area (Å²) < 4.78 is 25.6. The first-order chi connectivity index (χ1) is 15.5. The molecule has 2 aromatic heterocycles. The van der Waals surface area contributed by atoms with Gasteiger partial charge in [0.2, 0.25) is 0 Å². The summed E-state index contributed by atoms with van der Waals surface area (Å²) in [6.07, 6.45) is 8.41. The molecular formula is C24H31F2N5O. The number of hydrogen-bond acceptors (Lipinski definition) is 4. The summed E-state index contributed by atoms with van der Waals surface area (Å²) in [6, 6.07) is 8.52. The Labute approximate surface area is 187 Å². The van der Waals surface area contributed by atoms with Gasteiger partial charge in [-0.2, -0.15) is 5.10 Å². The van der Waals surface area contributed by atoms with Crippen LogP contribution < -0.4 is 10.2 Å². The number of carbonyl (C=O) groups excluding carboxylic acids is 1. The lowest BCUT2D eigenvalue weighted by atomic mass is 10.2. The lowest BCUT2D eigenvalue weighted by Gasteiger charge is -2.18. The zero-order valence-corrected chi connectivity index (χ0v) is 18.7. The maximum Gasteiger partial charge on any atom is 0.257 e. The first-order valence-corrected chi connectivity index (χ1v) is 11.0. The molecule has 0 bridgehead atoms. The molecule has 2 fully saturated rings. The van der Waals surface area contributed by atoms with Gasteiger partial charge in [-0.1, -0.05) is 0 Å². The van der Waals surface area contributed by atoms with Gasteiger partial charge in [-0.05, 0) is 76.2 Å². The standard InChI is InChI=1S/C16H20N4O.C6H4F2.C2H7N/c21-16(19-8-3-4-9-19)14-12-17-20-10-5-13(11-15(14)20)18-6-1-2-7-18;7-5-1-2-6(8)4-3-5;1-3-2/h5,10-12H,1-4,6-9H2;1-4H;3H,1-2H3. The van der Waals surface area contributed by atoms with Crippen LogP contribution >= 0.6 is 0 Å². The predicted molar refractivity (Wildman–Crippen MR) is 123 cm³/mol. The Morgan fingerprint density at radius 3 is 2.00 bits per heavy atom. The number of fused-ring (bicyclic) bond motifs is 1. The van der Waals surface area contributed by atoms with E-state index in [9.17, 15) is 13.6 Å². The number of amides is 1. The molecule has 0 aliphatic carbocycles. The molecule has 32 heavy (non-hydrogen) atoms. The van der Waals surface area contributed by atoms with Crippen LogP contribution in [0.15, 0.2) is 48.8 Å². The van der Waals surface area contributed by atoms with Gasteiger partial charge < -0.3 is 15.1 Å². The number of benzene rings is 1. The SMILES string of the molecule is CNC.Fc1ccc(F)cc1.O=C(c1cnn2ccc(N3CCCC3)cc12)N1CCCC1. The quantitative estimate of drug-likeness (QED) is 0.651. The van der Waals surface area contributed by atoms with Crippen molar-refractivity contribution in [1.29, 1.82) is 0 Å². The lowest BCUT2D eigenvalue weighted by Crippen LogP contribution is -2.27. The minimum atomic E-state index is -0.411. The van der Waals surface area contributed by atoms with Crippen molar-refractivity contribution >= 4 is 17.1 Å². The van der Waals surface area contributed by atoms with Crippen molar-refractivity contribution in [2.75, 3.05) is 45.2 Å².